The molecule has 2 aromatic carbocycles. The van der Waals surface area contributed by atoms with Crippen molar-refractivity contribution >= 4 is 28.5 Å². The van der Waals surface area contributed by atoms with Gasteiger partial charge in [0.15, 0.2) is 0 Å². The Kier molecular flexibility index (Phi) is 4.62. The third-order valence-electron chi connectivity index (χ3n) is 5.00. The molecule has 0 saturated carbocycles. The standard InChI is InChI=1S/C20H19N5O3/c21-19(26)13-5-8-15-16(10-13)22-11-17(23-15)18-2-1-9-25(18)14-6-3-12(4-7-14)20(27)24-28/h3-8,10-11,18,28H,1-2,9H2,(H2,21,26)(H,24,27). The van der Waals surface area contributed by atoms with E-state index >= 15 is 0 Å². The molecule has 1 unspecified atom stereocenters. The van der Waals surface area contributed by atoms with Crippen molar-refractivity contribution in [2.45, 2.75) is 18.9 Å². The fourth-order valence-corrected chi connectivity index (χ4v) is 3.59. The zero-order valence-corrected chi connectivity index (χ0v) is 15.0. The van der Waals surface area contributed by atoms with Crippen molar-refractivity contribution in [3.63, 3.8) is 0 Å². The van der Waals surface area contributed by atoms with Gasteiger partial charge in [0.1, 0.15) is 0 Å². The van der Waals surface area contributed by atoms with Crippen LogP contribution in [0.4, 0.5) is 5.69 Å². The van der Waals surface area contributed by atoms with Gasteiger partial charge in [-0.05, 0) is 55.3 Å². The van der Waals surface area contributed by atoms with Gasteiger partial charge in [0, 0.05) is 23.4 Å². The number of amides is 2. The predicted molar refractivity (Wildman–Crippen MR) is 103 cm³/mol. The van der Waals surface area contributed by atoms with Crippen LogP contribution in [0.2, 0.25) is 0 Å². The van der Waals surface area contributed by atoms with Gasteiger partial charge < -0.3 is 10.6 Å². The summed E-state index contributed by atoms with van der Waals surface area (Å²) >= 11 is 0. The van der Waals surface area contributed by atoms with Crippen molar-refractivity contribution in [2.75, 3.05) is 11.4 Å². The van der Waals surface area contributed by atoms with Crippen molar-refractivity contribution in [1.29, 1.82) is 0 Å². The van der Waals surface area contributed by atoms with Gasteiger partial charge in [-0.25, -0.2) is 10.5 Å². The summed E-state index contributed by atoms with van der Waals surface area (Å²) in [5, 5.41) is 8.74. The van der Waals surface area contributed by atoms with Crippen LogP contribution in [0.15, 0.2) is 48.7 Å². The molecule has 0 bridgehead atoms. The molecule has 142 valence electrons. The molecule has 1 saturated heterocycles. The topological polar surface area (TPSA) is 121 Å². The summed E-state index contributed by atoms with van der Waals surface area (Å²) < 4.78 is 0. The van der Waals surface area contributed by atoms with Crippen LogP contribution in [0.1, 0.15) is 45.3 Å². The molecule has 28 heavy (non-hydrogen) atoms. The minimum atomic E-state index is -0.541. The molecule has 1 aliphatic heterocycles. The summed E-state index contributed by atoms with van der Waals surface area (Å²) in [4.78, 5) is 34.3. The van der Waals surface area contributed by atoms with Crippen LogP contribution in [0.5, 0.6) is 0 Å². The number of hydrogen-bond acceptors (Lipinski definition) is 6. The second kappa shape index (κ2) is 7.24. The molecule has 1 fully saturated rings. The first-order chi connectivity index (χ1) is 13.6. The van der Waals surface area contributed by atoms with Crippen LogP contribution in [-0.4, -0.2) is 33.5 Å². The number of nitrogens with zero attached hydrogens (tertiary/aromatic N) is 3. The van der Waals surface area contributed by atoms with E-state index in [9.17, 15) is 9.59 Å². The van der Waals surface area contributed by atoms with E-state index < -0.39 is 11.8 Å². The fraction of sp³-hybridized carbons (Fsp3) is 0.200. The Morgan fingerprint density at radius 2 is 1.86 bits per heavy atom. The molecule has 8 nitrogen and oxygen atoms in total. The SMILES string of the molecule is NC(=O)c1ccc2nc(C3CCCN3c3ccc(C(=O)NO)cc3)cnc2c1. The zero-order valence-electron chi connectivity index (χ0n) is 15.0. The van der Waals surface area contributed by atoms with Gasteiger partial charge in [-0.1, -0.05) is 0 Å². The molecule has 1 aliphatic rings. The number of carbonyl (C=O) groups excluding carboxylic acids is 2. The Morgan fingerprint density at radius 1 is 1.11 bits per heavy atom. The van der Waals surface area contributed by atoms with E-state index in [2.05, 4.69) is 9.88 Å². The monoisotopic (exact) mass is 377 g/mol. The molecule has 1 atom stereocenters. The average molecular weight is 377 g/mol. The second-order valence-corrected chi connectivity index (χ2v) is 6.70. The highest BCUT2D eigenvalue weighted by Crippen LogP contribution is 2.35. The number of fused-ring (bicyclic) bond motifs is 1. The predicted octanol–water partition coefficient (Wildman–Crippen LogP) is 2.19. The molecular formula is C20H19N5O3. The molecule has 3 aromatic rings. The quantitative estimate of drug-likeness (QED) is 0.473. The molecule has 2 amide bonds. The smallest absolute Gasteiger partial charge is 0.274 e. The number of benzene rings is 2. The van der Waals surface area contributed by atoms with Gasteiger partial charge in [0.2, 0.25) is 5.91 Å². The van der Waals surface area contributed by atoms with Crippen LogP contribution in [0, 0.1) is 0 Å². The number of hydroxylamine groups is 1. The Labute approximate surface area is 161 Å². The third kappa shape index (κ3) is 3.25. The molecule has 4 rings (SSSR count). The molecule has 0 radical (unpaired) electrons. The molecule has 2 heterocycles. The highest BCUT2D eigenvalue weighted by Gasteiger charge is 2.28. The third-order valence-corrected chi connectivity index (χ3v) is 5.00. The number of carbonyl (C=O) groups is 2. The minimum Gasteiger partial charge on any atom is -0.366 e. The first-order valence-electron chi connectivity index (χ1n) is 8.94. The maximum Gasteiger partial charge on any atom is 0.274 e. The van der Waals surface area contributed by atoms with Gasteiger partial charge in [0.05, 0.1) is 29.0 Å². The lowest BCUT2D eigenvalue weighted by molar-refractivity contribution is 0.0706. The maximum absolute atomic E-state index is 11.5. The summed E-state index contributed by atoms with van der Waals surface area (Å²) in [5.41, 5.74) is 10.9. The van der Waals surface area contributed by atoms with E-state index in [0.717, 1.165) is 30.8 Å². The van der Waals surface area contributed by atoms with E-state index in [-0.39, 0.29) is 6.04 Å². The van der Waals surface area contributed by atoms with E-state index in [1.807, 2.05) is 12.1 Å². The molecule has 1 aromatic heterocycles. The van der Waals surface area contributed by atoms with Gasteiger partial charge in [-0.15, -0.1) is 0 Å². The lowest BCUT2D eigenvalue weighted by atomic mass is 10.1. The summed E-state index contributed by atoms with van der Waals surface area (Å²) in [7, 11) is 0. The number of anilines is 1. The van der Waals surface area contributed by atoms with Gasteiger partial charge in [0.25, 0.3) is 5.91 Å². The minimum absolute atomic E-state index is 0.0743. The lowest BCUT2D eigenvalue weighted by Crippen LogP contribution is -2.24. The molecule has 0 spiro atoms. The van der Waals surface area contributed by atoms with Crippen LogP contribution < -0.4 is 16.1 Å². The zero-order chi connectivity index (χ0) is 19.7. The normalized spacial score (nSPS) is 16.3. The van der Waals surface area contributed by atoms with E-state index in [0.29, 0.717) is 22.2 Å². The molecule has 0 aliphatic carbocycles. The highest BCUT2D eigenvalue weighted by atomic mass is 16.5. The lowest BCUT2D eigenvalue weighted by Gasteiger charge is -2.26. The van der Waals surface area contributed by atoms with Crippen molar-refractivity contribution in [2.24, 2.45) is 5.73 Å². The van der Waals surface area contributed by atoms with Crippen molar-refractivity contribution < 1.29 is 14.8 Å². The highest BCUT2D eigenvalue weighted by molar-refractivity contribution is 5.96. The van der Waals surface area contributed by atoms with Gasteiger partial charge in [-0.2, -0.15) is 0 Å². The largest absolute Gasteiger partial charge is 0.366 e. The van der Waals surface area contributed by atoms with Gasteiger partial charge in [-0.3, -0.25) is 19.8 Å². The first kappa shape index (κ1) is 17.9. The first-order valence-corrected chi connectivity index (χ1v) is 8.94. The summed E-state index contributed by atoms with van der Waals surface area (Å²) in [6.45, 7) is 0.872. The molecular weight excluding hydrogens is 358 g/mol. The van der Waals surface area contributed by atoms with Gasteiger partial charge >= 0.3 is 0 Å². The fourth-order valence-electron chi connectivity index (χ4n) is 3.59. The van der Waals surface area contributed by atoms with E-state index in [1.54, 1.807) is 42.0 Å². The Bertz CT molecular complexity index is 1050. The van der Waals surface area contributed by atoms with E-state index in [4.69, 9.17) is 15.9 Å². The number of rotatable bonds is 4. The van der Waals surface area contributed by atoms with Crippen LogP contribution in [0.25, 0.3) is 11.0 Å². The summed E-state index contributed by atoms with van der Waals surface area (Å²) in [5.74, 6) is -1.03. The average Bonchev–Trinajstić information content (AvgIpc) is 3.22. The van der Waals surface area contributed by atoms with Crippen molar-refractivity contribution in [3.05, 3.63) is 65.5 Å². The summed E-state index contributed by atoms with van der Waals surface area (Å²) in [6.07, 6.45) is 3.70. The number of nitrogens with two attached hydrogens (primary N) is 1. The number of nitrogens with one attached hydrogen (secondary N) is 1. The number of hydrogen-bond donors (Lipinski definition) is 3. The molecule has 4 N–H and O–H groups in total. The second-order valence-electron chi connectivity index (χ2n) is 6.70. The molecule has 8 heteroatoms. The Morgan fingerprint density at radius 3 is 2.57 bits per heavy atom. The van der Waals surface area contributed by atoms with Crippen LogP contribution in [0.3, 0.4) is 0 Å². The van der Waals surface area contributed by atoms with Crippen LogP contribution in [-0.2, 0) is 0 Å². The Hall–Kier alpha value is -3.52. The van der Waals surface area contributed by atoms with Crippen LogP contribution >= 0.6 is 0 Å². The number of aromatic nitrogens is 2. The Balaban J connectivity index is 1.63. The summed E-state index contributed by atoms with van der Waals surface area (Å²) in [6, 6.07) is 12.2. The number of primary amides is 1. The van der Waals surface area contributed by atoms with Crippen molar-refractivity contribution in [3.8, 4) is 0 Å². The van der Waals surface area contributed by atoms with E-state index in [1.165, 1.54) is 0 Å². The maximum atomic E-state index is 11.5. The van der Waals surface area contributed by atoms with Crippen molar-refractivity contribution in [1.82, 2.24) is 15.4 Å².